The van der Waals surface area contributed by atoms with Crippen LogP contribution in [0.4, 0.5) is 0 Å². The average molecular weight is 461 g/mol. The summed E-state index contributed by atoms with van der Waals surface area (Å²) in [5.41, 5.74) is 3.26. The van der Waals surface area contributed by atoms with Crippen molar-refractivity contribution in [3.63, 3.8) is 0 Å². The number of halogens is 1. The van der Waals surface area contributed by atoms with Gasteiger partial charge in [-0.2, -0.15) is 0 Å². The van der Waals surface area contributed by atoms with Crippen molar-refractivity contribution in [1.82, 2.24) is 10.2 Å². The Morgan fingerprint density at radius 2 is 1.90 bits per heavy atom. The number of hydrogen-bond acceptors (Lipinski definition) is 3. The molecule has 0 spiro atoms. The third kappa shape index (κ3) is 6.32. The predicted molar refractivity (Wildman–Crippen MR) is 119 cm³/mol. The molecule has 0 aliphatic heterocycles. The molecule has 2 rings (SSSR count). The van der Waals surface area contributed by atoms with Gasteiger partial charge in [-0.3, -0.25) is 9.59 Å². The number of rotatable bonds is 9. The zero-order valence-electron chi connectivity index (χ0n) is 17.5. The van der Waals surface area contributed by atoms with Gasteiger partial charge >= 0.3 is 0 Å². The normalized spacial score (nSPS) is 11.6. The lowest BCUT2D eigenvalue weighted by molar-refractivity contribution is -0.142. The second-order valence-electron chi connectivity index (χ2n) is 6.93. The van der Waals surface area contributed by atoms with Crippen LogP contribution in [-0.4, -0.2) is 35.9 Å². The van der Waals surface area contributed by atoms with Crippen molar-refractivity contribution in [3.8, 4) is 5.75 Å². The van der Waals surface area contributed by atoms with Crippen molar-refractivity contribution < 1.29 is 14.3 Å². The summed E-state index contributed by atoms with van der Waals surface area (Å²) in [6.45, 7) is 8.41. The molecule has 0 fully saturated rings. The molecular weight excluding hydrogens is 432 g/mol. The Balaban J connectivity index is 2.17. The van der Waals surface area contributed by atoms with Gasteiger partial charge in [0.2, 0.25) is 5.91 Å². The van der Waals surface area contributed by atoms with E-state index in [-0.39, 0.29) is 18.4 Å². The van der Waals surface area contributed by atoms with Crippen LogP contribution in [0.3, 0.4) is 0 Å². The highest BCUT2D eigenvalue weighted by molar-refractivity contribution is 9.10. The number of hydrogen-bond donors (Lipinski definition) is 1. The zero-order chi connectivity index (χ0) is 21.4. The second-order valence-corrected chi connectivity index (χ2v) is 7.78. The Hall–Kier alpha value is -2.34. The van der Waals surface area contributed by atoms with Gasteiger partial charge in [0.1, 0.15) is 11.8 Å². The molecule has 0 aromatic heterocycles. The molecule has 0 radical (unpaired) electrons. The fourth-order valence-corrected chi connectivity index (χ4v) is 3.52. The number of benzene rings is 2. The van der Waals surface area contributed by atoms with Crippen LogP contribution in [0.25, 0.3) is 0 Å². The average Bonchev–Trinajstić information content (AvgIpc) is 2.71. The lowest BCUT2D eigenvalue weighted by Gasteiger charge is -2.29. The van der Waals surface area contributed by atoms with E-state index in [0.29, 0.717) is 18.8 Å². The molecule has 0 saturated heterocycles. The number of aryl methyl sites for hydroxylation is 2. The fourth-order valence-electron chi connectivity index (χ4n) is 2.98. The Morgan fingerprint density at radius 1 is 1.17 bits per heavy atom. The third-order valence-electron chi connectivity index (χ3n) is 4.88. The number of carbonyl (C=O) groups is 2. The largest absolute Gasteiger partial charge is 0.483 e. The van der Waals surface area contributed by atoms with Gasteiger partial charge in [-0.15, -0.1) is 0 Å². The van der Waals surface area contributed by atoms with E-state index >= 15 is 0 Å². The van der Waals surface area contributed by atoms with Crippen LogP contribution in [-0.2, 0) is 22.6 Å². The highest BCUT2D eigenvalue weighted by Gasteiger charge is 2.26. The van der Waals surface area contributed by atoms with Gasteiger partial charge < -0.3 is 15.0 Å². The van der Waals surface area contributed by atoms with E-state index in [4.69, 9.17) is 4.74 Å². The first-order valence-electron chi connectivity index (χ1n) is 9.90. The van der Waals surface area contributed by atoms with Crippen molar-refractivity contribution >= 4 is 27.7 Å². The minimum atomic E-state index is -0.600. The van der Waals surface area contributed by atoms with Crippen molar-refractivity contribution in [2.45, 2.75) is 46.7 Å². The minimum absolute atomic E-state index is 0.139. The first kappa shape index (κ1) is 22.9. The third-order valence-corrected chi connectivity index (χ3v) is 5.50. The topological polar surface area (TPSA) is 58.6 Å². The van der Waals surface area contributed by atoms with Gasteiger partial charge in [-0.1, -0.05) is 37.3 Å². The highest BCUT2D eigenvalue weighted by atomic mass is 79.9. The lowest BCUT2D eigenvalue weighted by Crippen LogP contribution is -2.49. The van der Waals surface area contributed by atoms with Gasteiger partial charge in [0.25, 0.3) is 5.91 Å². The van der Waals surface area contributed by atoms with Crippen LogP contribution < -0.4 is 10.1 Å². The number of ether oxygens (including phenoxy) is 1. The minimum Gasteiger partial charge on any atom is -0.483 e. The number of amides is 2. The molecule has 5 nitrogen and oxygen atoms in total. The van der Waals surface area contributed by atoms with Gasteiger partial charge in [0.15, 0.2) is 6.61 Å². The smallest absolute Gasteiger partial charge is 0.261 e. The quantitative estimate of drug-likeness (QED) is 0.608. The summed E-state index contributed by atoms with van der Waals surface area (Å²) in [5.74, 6) is 0.193. The van der Waals surface area contributed by atoms with E-state index in [1.807, 2.05) is 56.3 Å². The molecule has 0 saturated carbocycles. The Morgan fingerprint density at radius 3 is 2.52 bits per heavy atom. The fraction of sp³-hybridized carbons (Fsp3) is 0.391. The van der Waals surface area contributed by atoms with Crippen LogP contribution in [0.5, 0.6) is 5.75 Å². The predicted octanol–water partition coefficient (Wildman–Crippen LogP) is 4.25. The monoisotopic (exact) mass is 460 g/mol. The standard InChI is InChI=1S/C23H29BrN2O3/c1-5-18-11-12-21(20(24)13-18)29-15-22(27)26(17(4)23(28)25-6-2)14-19-10-8-7-9-16(19)3/h7-13,17H,5-6,14-15H2,1-4H3,(H,25,28). The van der Waals surface area contributed by atoms with Gasteiger partial charge in [0, 0.05) is 13.1 Å². The summed E-state index contributed by atoms with van der Waals surface area (Å²) in [7, 11) is 0. The molecule has 6 heteroatoms. The van der Waals surface area contributed by atoms with Crippen LogP contribution in [0, 0.1) is 6.92 Å². The van der Waals surface area contributed by atoms with Crippen LogP contribution in [0.1, 0.15) is 37.5 Å². The van der Waals surface area contributed by atoms with E-state index in [0.717, 1.165) is 22.0 Å². The molecule has 2 aromatic carbocycles. The van der Waals surface area contributed by atoms with Crippen molar-refractivity contribution in [3.05, 3.63) is 63.6 Å². The summed E-state index contributed by atoms with van der Waals surface area (Å²) in [4.78, 5) is 27.0. The van der Waals surface area contributed by atoms with Gasteiger partial charge in [-0.25, -0.2) is 0 Å². The van der Waals surface area contributed by atoms with E-state index in [2.05, 4.69) is 28.2 Å². The summed E-state index contributed by atoms with van der Waals surface area (Å²) < 4.78 is 6.58. The molecule has 2 aromatic rings. The Labute approximate surface area is 181 Å². The van der Waals surface area contributed by atoms with Gasteiger partial charge in [-0.05, 0) is 71.9 Å². The van der Waals surface area contributed by atoms with Crippen molar-refractivity contribution in [2.75, 3.05) is 13.2 Å². The van der Waals surface area contributed by atoms with Crippen LogP contribution in [0.15, 0.2) is 46.9 Å². The number of carbonyl (C=O) groups excluding carboxylic acids is 2. The molecular formula is C23H29BrN2O3. The number of nitrogens with zero attached hydrogens (tertiary/aromatic N) is 1. The molecule has 29 heavy (non-hydrogen) atoms. The highest BCUT2D eigenvalue weighted by Crippen LogP contribution is 2.26. The van der Waals surface area contributed by atoms with Crippen LogP contribution >= 0.6 is 15.9 Å². The Bertz CT molecular complexity index is 854. The van der Waals surface area contributed by atoms with Crippen LogP contribution in [0.2, 0.25) is 0 Å². The summed E-state index contributed by atoms with van der Waals surface area (Å²) in [5, 5.41) is 2.80. The number of likely N-dealkylation sites (N-methyl/N-ethyl adjacent to an activating group) is 1. The summed E-state index contributed by atoms with van der Waals surface area (Å²) in [6.07, 6.45) is 0.923. The Kier molecular flexibility index (Phi) is 8.70. The second kappa shape index (κ2) is 11.0. The molecule has 0 bridgehead atoms. The van der Waals surface area contributed by atoms with E-state index in [9.17, 15) is 9.59 Å². The molecule has 1 N–H and O–H groups in total. The van der Waals surface area contributed by atoms with Crippen molar-refractivity contribution in [2.24, 2.45) is 0 Å². The molecule has 0 heterocycles. The van der Waals surface area contributed by atoms with Crippen molar-refractivity contribution in [1.29, 1.82) is 0 Å². The molecule has 156 valence electrons. The molecule has 1 unspecified atom stereocenters. The first-order chi connectivity index (χ1) is 13.9. The summed E-state index contributed by atoms with van der Waals surface area (Å²) in [6, 6.07) is 13.1. The molecule has 1 atom stereocenters. The first-order valence-corrected chi connectivity index (χ1v) is 10.7. The maximum atomic E-state index is 13.0. The maximum Gasteiger partial charge on any atom is 0.261 e. The number of nitrogens with one attached hydrogen (secondary N) is 1. The maximum absolute atomic E-state index is 13.0. The summed E-state index contributed by atoms with van der Waals surface area (Å²) >= 11 is 3.50. The van der Waals surface area contributed by atoms with E-state index in [1.54, 1.807) is 11.8 Å². The van der Waals surface area contributed by atoms with E-state index < -0.39 is 6.04 Å². The SMILES string of the molecule is CCNC(=O)C(C)N(Cc1ccccc1C)C(=O)COc1ccc(CC)cc1Br. The molecule has 2 amide bonds. The molecule has 0 aliphatic rings. The van der Waals surface area contributed by atoms with Gasteiger partial charge in [0.05, 0.1) is 4.47 Å². The van der Waals surface area contributed by atoms with E-state index in [1.165, 1.54) is 5.56 Å². The zero-order valence-corrected chi connectivity index (χ0v) is 19.1. The molecule has 0 aliphatic carbocycles. The lowest BCUT2D eigenvalue weighted by atomic mass is 10.1.